The Kier molecular flexibility index (Phi) is 6.39. The van der Waals surface area contributed by atoms with E-state index >= 15 is 0 Å². The summed E-state index contributed by atoms with van der Waals surface area (Å²) in [6, 6.07) is 4.17. The maximum atomic E-state index is 14.1. The molecule has 1 aliphatic rings. The molecule has 1 aromatic heterocycles. The molecule has 0 spiro atoms. The Bertz CT molecular complexity index is 1350. The van der Waals surface area contributed by atoms with Crippen molar-refractivity contribution in [2.75, 3.05) is 27.2 Å². The van der Waals surface area contributed by atoms with Gasteiger partial charge in [0, 0.05) is 35.6 Å². The van der Waals surface area contributed by atoms with Gasteiger partial charge in [-0.25, -0.2) is 8.78 Å². The first-order chi connectivity index (χ1) is 16.0. The second kappa shape index (κ2) is 8.99. The van der Waals surface area contributed by atoms with Gasteiger partial charge in [0.15, 0.2) is 5.43 Å². The van der Waals surface area contributed by atoms with E-state index in [-0.39, 0.29) is 53.3 Å². The minimum Gasteiger partial charge on any atom is -0.633 e. The molecule has 3 atom stereocenters. The van der Waals surface area contributed by atoms with Gasteiger partial charge in [-0.2, -0.15) is 0 Å². The number of piperidine rings is 1. The highest BCUT2D eigenvalue weighted by Crippen LogP contribution is 2.43. The lowest BCUT2D eigenvalue weighted by atomic mass is 9.85. The first kappa shape index (κ1) is 24.2. The number of phenolic OH excluding ortho intramolecular Hbond substituents is 1. The minimum absolute atomic E-state index is 0.0270. The average Bonchev–Trinajstić information content (AvgIpc) is 2.76. The predicted molar refractivity (Wildman–Crippen MR) is 124 cm³/mol. The number of benzene rings is 2. The number of methoxy groups -OCH3 is 1. The first-order valence-corrected chi connectivity index (χ1v) is 10.8. The van der Waals surface area contributed by atoms with E-state index in [1.807, 2.05) is 0 Å². The summed E-state index contributed by atoms with van der Waals surface area (Å²) in [5.74, 6) is -2.41. The number of halogens is 3. The molecule has 0 aliphatic carbocycles. The topological polar surface area (TPSA) is 103 Å². The summed E-state index contributed by atoms with van der Waals surface area (Å²) in [6.07, 6.45) is 1.64. The lowest BCUT2D eigenvalue weighted by Gasteiger charge is -2.46. The summed E-state index contributed by atoms with van der Waals surface area (Å²) >= 11 is 5.85. The van der Waals surface area contributed by atoms with Crippen molar-refractivity contribution in [3.8, 4) is 11.5 Å². The van der Waals surface area contributed by atoms with Crippen LogP contribution in [-0.4, -0.2) is 48.2 Å². The number of likely N-dealkylation sites (tertiary alicyclic amines) is 1. The number of phenols is 1. The number of hydrogen-bond donors (Lipinski definition) is 2. The van der Waals surface area contributed by atoms with Crippen LogP contribution in [0, 0.1) is 16.8 Å². The second-order valence-corrected chi connectivity index (χ2v) is 8.86. The van der Waals surface area contributed by atoms with Crippen molar-refractivity contribution in [2.24, 2.45) is 0 Å². The van der Waals surface area contributed by atoms with E-state index in [9.17, 15) is 29.0 Å². The van der Waals surface area contributed by atoms with Crippen LogP contribution in [0.5, 0.6) is 11.5 Å². The van der Waals surface area contributed by atoms with Gasteiger partial charge in [0.25, 0.3) is 0 Å². The third-order valence-electron chi connectivity index (χ3n) is 6.04. The monoisotopic (exact) mass is 493 g/mol. The number of nitrogens with zero attached hydrogens (tertiary/aromatic N) is 1. The fourth-order valence-corrected chi connectivity index (χ4v) is 4.56. The summed E-state index contributed by atoms with van der Waals surface area (Å²) in [4.78, 5) is 12.9. The number of aliphatic hydroxyl groups is 1. The molecular formula is C24H22ClF2NO6. The molecule has 34 heavy (non-hydrogen) atoms. The molecule has 2 heterocycles. The fourth-order valence-electron chi connectivity index (χ4n) is 4.35. The molecule has 180 valence electrons. The number of fused-ring (bicyclic) bond motifs is 1. The summed E-state index contributed by atoms with van der Waals surface area (Å²) in [7, 11) is 2.83. The van der Waals surface area contributed by atoms with Crippen molar-refractivity contribution in [1.82, 2.24) is 0 Å². The molecule has 7 nitrogen and oxygen atoms in total. The number of hydroxylamine groups is 3. The molecule has 1 unspecified atom stereocenters. The molecular weight excluding hydrogens is 472 g/mol. The standard InChI is InChI=1S/C24H22ClF2NO6/c1-28(32)8-7-14(19(31)11-28)21-20(33-2)10-18(30)22-17(29)9-12(34-24(21)22)3-4-13-15(26)5-6-16(27)23(13)25/h3-6,9-10,14,19,30-31H,7-8,11H2,1-2H3/b4-3+/t14-,19+,28?/m0/s1. The van der Waals surface area contributed by atoms with E-state index in [4.69, 9.17) is 20.8 Å². The SMILES string of the molecule is COc1cc(O)c2c(=O)cc(/C=C/c3c(F)ccc(F)c3Cl)oc2c1[C@H]1CC[N+](C)([O-])C[C@H]1O. The zero-order valence-corrected chi connectivity index (χ0v) is 19.1. The van der Waals surface area contributed by atoms with Crippen molar-refractivity contribution >= 4 is 34.7 Å². The zero-order valence-electron chi connectivity index (χ0n) is 18.3. The lowest BCUT2D eigenvalue weighted by molar-refractivity contribution is -0.870. The average molecular weight is 494 g/mol. The van der Waals surface area contributed by atoms with Gasteiger partial charge in [0.05, 0.1) is 25.7 Å². The predicted octanol–water partition coefficient (Wildman–Crippen LogP) is 4.40. The molecule has 2 aromatic carbocycles. The summed E-state index contributed by atoms with van der Waals surface area (Å²) < 4.78 is 38.6. The van der Waals surface area contributed by atoms with Crippen LogP contribution in [0.4, 0.5) is 8.78 Å². The smallest absolute Gasteiger partial charge is 0.197 e. The molecule has 3 aromatic rings. The zero-order chi connectivity index (χ0) is 24.8. The molecule has 1 saturated heterocycles. The number of hydrogen-bond acceptors (Lipinski definition) is 6. The van der Waals surface area contributed by atoms with Crippen LogP contribution < -0.4 is 10.2 Å². The van der Waals surface area contributed by atoms with Gasteiger partial charge in [-0.15, -0.1) is 0 Å². The van der Waals surface area contributed by atoms with E-state index in [0.29, 0.717) is 5.56 Å². The number of rotatable bonds is 4. The Hall–Kier alpha value is -2.98. The van der Waals surface area contributed by atoms with Crippen LogP contribution in [-0.2, 0) is 0 Å². The van der Waals surface area contributed by atoms with Crippen molar-refractivity contribution in [2.45, 2.75) is 18.4 Å². The van der Waals surface area contributed by atoms with Crippen LogP contribution in [0.2, 0.25) is 5.02 Å². The first-order valence-electron chi connectivity index (χ1n) is 10.5. The van der Waals surface area contributed by atoms with Crippen LogP contribution >= 0.6 is 11.6 Å². The molecule has 0 saturated carbocycles. The lowest BCUT2D eigenvalue weighted by Crippen LogP contribution is -2.51. The maximum absolute atomic E-state index is 14.1. The number of quaternary nitrogens is 1. The highest BCUT2D eigenvalue weighted by molar-refractivity contribution is 6.32. The van der Waals surface area contributed by atoms with E-state index in [2.05, 4.69) is 0 Å². The van der Waals surface area contributed by atoms with Gasteiger partial charge in [0.2, 0.25) is 0 Å². The van der Waals surface area contributed by atoms with Gasteiger partial charge >= 0.3 is 0 Å². The number of ether oxygens (including phenoxy) is 1. The third-order valence-corrected chi connectivity index (χ3v) is 6.42. The maximum Gasteiger partial charge on any atom is 0.197 e. The summed E-state index contributed by atoms with van der Waals surface area (Å²) in [5.41, 5.74) is -0.512. The normalized spacial score (nSPS) is 23.0. The fraction of sp³-hybridized carbons (Fsp3) is 0.292. The quantitative estimate of drug-likeness (QED) is 0.317. The van der Waals surface area contributed by atoms with E-state index in [1.54, 1.807) is 0 Å². The summed E-state index contributed by atoms with van der Waals surface area (Å²) in [5, 5.41) is 33.0. The highest BCUT2D eigenvalue weighted by Gasteiger charge is 2.37. The van der Waals surface area contributed by atoms with E-state index < -0.39 is 38.8 Å². The molecule has 4 rings (SSSR count). The van der Waals surface area contributed by atoms with Gasteiger partial charge in [-0.1, -0.05) is 11.6 Å². The number of aliphatic hydroxyl groups excluding tert-OH is 1. The minimum atomic E-state index is -1.05. The van der Waals surface area contributed by atoms with Gasteiger partial charge in [0.1, 0.15) is 52.5 Å². The van der Waals surface area contributed by atoms with Crippen LogP contribution in [0.3, 0.4) is 0 Å². The highest BCUT2D eigenvalue weighted by atomic mass is 35.5. The Morgan fingerprint density at radius 1 is 1.26 bits per heavy atom. The Morgan fingerprint density at radius 2 is 1.97 bits per heavy atom. The Balaban J connectivity index is 1.89. The summed E-state index contributed by atoms with van der Waals surface area (Å²) in [6.45, 7) is 0.145. The van der Waals surface area contributed by atoms with Crippen LogP contribution in [0.1, 0.15) is 29.2 Å². The van der Waals surface area contributed by atoms with Crippen molar-refractivity contribution < 1.29 is 32.8 Å². The van der Waals surface area contributed by atoms with Gasteiger partial charge in [-0.05, 0) is 24.3 Å². The third kappa shape index (κ3) is 4.39. The molecule has 2 N–H and O–H groups in total. The Labute approximate surface area is 198 Å². The number of aromatic hydroxyl groups is 1. The van der Waals surface area contributed by atoms with Crippen molar-refractivity contribution in [1.29, 1.82) is 0 Å². The molecule has 10 heteroatoms. The molecule has 0 bridgehead atoms. The van der Waals surface area contributed by atoms with E-state index in [0.717, 1.165) is 18.2 Å². The van der Waals surface area contributed by atoms with Crippen molar-refractivity contribution in [3.63, 3.8) is 0 Å². The van der Waals surface area contributed by atoms with Gasteiger partial charge in [-0.3, -0.25) is 4.79 Å². The number of likely N-dealkylation sites (N-methyl/N-ethyl adjacent to an activating group) is 1. The Morgan fingerprint density at radius 3 is 2.65 bits per heavy atom. The molecule has 1 fully saturated rings. The van der Waals surface area contributed by atoms with Crippen molar-refractivity contribution in [3.05, 3.63) is 73.2 Å². The molecule has 0 amide bonds. The van der Waals surface area contributed by atoms with Crippen LogP contribution in [0.15, 0.2) is 33.5 Å². The molecule has 0 radical (unpaired) electrons. The second-order valence-electron chi connectivity index (χ2n) is 8.48. The van der Waals surface area contributed by atoms with Gasteiger partial charge < -0.3 is 29.2 Å². The van der Waals surface area contributed by atoms with E-state index in [1.165, 1.54) is 32.4 Å². The van der Waals surface area contributed by atoms with Crippen LogP contribution in [0.25, 0.3) is 23.1 Å². The largest absolute Gasteiger partial charge is 0.633 e. The molecule has 1 aliphatic heterocycles.